The van der Waals surface area contributed by atoms with Gasteiger partial charge >= 0.3 is 5.97 Å². The number of aromatic amines is 1. The first kappa shape index (κ1) is 15.2. The van der Waals surface area contributed by atoms with Crippen molar-refractivity contribution in [2.75, 3.05) is 12.3 Å². The maximum absolute atomic E-state index is 11.5. The van der Waals surface area contributed by atoms with Crippen molar-refractivity contribution in [3.05, 3.63) is 42.0 Å². The summed E-state index contributed by atoms with van der Waals surface area (Å²) in [6.07, 6.45) is 0.293. The second-order valence-corrected chi connectivity index (χ2v) is 4.79. The Balaban J connectivity index is 0.00000161. The summed E-state index contributed by atoms with van der Waals surface area (Å²) in [5, 5.41) is 2.21. The molecular weight excluding hydrogens is 288 g/mol. The van der Waals surface area contributed by atoms with Gasteiger partial charge in [0.15, 0.2) is 0 Å². The Bertz CT molecular complexity index is 795. The van der Waals surface area contributed by atoms with E-state index >= 15 is 0 Å². The van der Waals surface area contributed by atoms with Crippen molar-refractivity contribution in [3.8, 4) is 0 Å². The topological polar surface area (TPSA) is 68.1 Å². The molecule has 0 amide bonds. The van der Waals surface area contributed by atoms with E-state index in [4.69, 9.17) is 10.5 Å². The summed E-state index contributed by atoms with van der Waals surface area (Å²) in [5.41, 5.74) is 9.56. The molecule has 1 heterocycles. The van der Waals surface area contributed by atoms with Crippen molar-refractivity contribution >= 4 is 45.9 Å². The molecule has 21 heavy (non-hydrogen) atoms. The largest absolute Gasteiger partial charge is 0.466 e. The number of fused-ring (bicyclic) bond motifs is 3. The molecule has 0 aliphatic heterocycles. The lowest BCUT2D eigenvalue weighted by atomic mass is 10.1. The van der Waals surface area contributed by atoms with Crippen molar-refractivity contribution < 1.29 is 9.53 Å². The van der Waals surface area contributed by atoms with Gasteiger partial charge in [-0.2, -0.15) is 0 Å². The third-order valence-corrected chi connectivity index (χ3v) is 3.34. The van der Waals surface area contributed by atoms with Gasteiger partial charge in [0, 0.05) is 27.5 Å². The molecule has 0 aliphatic rings. The maximum Gasteiger partial charge on any atom is 0.310 e. The molecule has 0 unspecified atom stereocenters. The van der Waals surface area contributed by atoms with Crippen LogP contribution in [0.2, 0.25) is 0 Å². The lowest BCUT2D eigenvalue weighted by molar-refractivity contribution is -0.142. The van der Waals surface area contributed by atoms with E-state index in [1.54, 1.807) is 0 Å². The maximum atomic E-state index is 11.5. The number of rotatable bonds is 3. The normalized spacial score (nSPS) is 10.5. The molecule has 0 radical (unpaired) electrons. The third kappa shape index (κ3) is 2.95. The highest BCUT2D eigenvalue weighted by Gasteiger charge is 2.08. The zero-order chi connectivity index (χ0) is 14.1. The number of H-pyrrole nitrogens is 1. The molecule has 3 rings (SSSR count). The van der Waals surface area contributed by atoms with Crippen LogP contribution in [0.4, 0.5) is 5.69 Å². The van der Waals surface area contributed by atoms with Crippen LogP contribution in [0, 0.1) is 0 Å². The van der Waals surface area contributed by atoms with Crippen LogP contribution in [0.1, 0.15) is 12.5 Å². The Hall–Kier alpha value is -2.20. The minimum absolute atomic E-state index is 0. The summed E-state index contributed by atoms with van der Waals surface area (Å²) in [6.45, 7) is 2.22. The molecule has 0 aliphatic carbocycles. The van der Waals surface area contributed by atoms with Crippen LogP contribution < -0.4 is 5.73 Å². The van der Waals surface area contributed by atoms with E-state index in [1.165, 1.54) is 0 Å². The van der Waals surface area contributed by atoms with Crippen molar-refractivity contribution in [1.82, 2.24) is 4.98 Å². The first-order chi connectivity index (χ1) is 9.67. The number of hydrogen-bond donors (Lipinski definition) is 2. The fraction of sp³-hybridized carbons (Fsp3) is 0.188. The smallest absolute Gasteiger partial charge is 0.310 e. The summed E-state index contributed by atoms with van der Waals surface area (Å²) in [5.74, 6) is -0.202. The standard InChI is InChI=1S/C16H16N2O2.ClH/c1-2-20-16(19)8-10-3-5-12-13-9-11(17)4-6-14(13)18-15(12)7-10;/h3-7,9,18H,2,8,17H2,1H3;1H. The fourth-order valence-corrected chi connectivity index (χ4v) is 2.46. The zero-order valence-corrected chi connectivity index (χ0v) is 12.5. The van der Waals surface area contributed by atoms with Crippen LogP contribution in [0.3, 0.4) is 0 Å². The molecule has 0 saturated heterocycles. The highest BCUT2D eigenvalue weighted by Crippen LogP contribution is 2.27. The molecule has 0 fully saturated rings. The fourth-order valence-electron chi connectivity index (χ4n) is 2.46. The Labute approximate surface area is 128 Å². The number of benzene rings is 2. The van der Waals surface area contributed by atoms with Gasteiger partial charge < -0.3 is 15.5 Å². The average Bonchev–Trinajstić information content (AvgIpc) is 2.76. The molecule has 5 heteroatoms. The molecule has 1 aromatic heterocycles. The molecule has 0 spiro atoms. The van der Waals surface area contributed by atoms with Crippen LogP contribution in [-0.4, -0.2) is 17.6 Å². The number of ether oxygens (including phenoxy) is 1. The molecule has 0 saturated carbocycles. The molecule has 110 valence electrons. The van der Waals surface area contributed by atoms with Gasteiger partial charge in [-0.05, 0) is 36.8 Å². The summed E-state index contributed by atoms with van der Waals surface area (Å²) in [6, 6.07) is 11.8. The van der Waals surface area contributed by atoms with Crippen molar-refractivity contribution in [2.24, 2.45) is 0 Å². The van der Waals surface area contributed by atoms with Gasteiger partial charge in [-0.3, -0.25) is 4.79 Å². The Morgan fingerprint density at radius 2 is 1.95 bits per heavy atom. The van der Waals surface area contributed by atoms with E-state index in [0.29, 0.717) is 13.0 Å². The lowest BCUT2D eigenvalue weighted by Gasteiger charge is -2.02. The van der Waals surface area contributed by atoms with E-state index in [2.05, 4.69) is 4.98 Å². The number of nitrogens with one attached hydrogen (secondary N) is 1. The van der Waals surface area contributed by atoms with Gasteiger partial charge in [0.1, 0.15) is 0 Å². The zero-order valence-electron chi connectivity index (χ0n) is 11.7. The molecular formula is C16H17ClN2O2. The van der Waals surface area contributed by atoms with Gasteiger partial charge in [0.2, 0.25) is 0 Å². The van der Waals surface area contributed by atoms with Crippen LogP contribution in [-0.2, 0) is 16.0 Å². The highest BCUT2D eigenvalue weighted by atomic mass is 35.5. The summed E-state index contributed by atoms with van der Waals surface area (Å²) in [4.78, 5) is 14.9. The summed E-state index contributed by atoms with van der Waals surface area (Å²) in [7, 11) is 0. The third-order valence-electron chi connectivity index (χ3n) is 3.34. The molecule has 0 atom stereocenters. The van der Waals surface area contributed by atoms with Crippen LogP contribution in [0.5, 0.6) is 0 Å². The van der Waals surface area contributed by atoms with Crippen molar-refractivity contribution in [1.29, 1.82) is 0 Å². The van der Waals surface area contributed by atoms with Gasteiger partial charge in [-0.1, -0.05) is 12.1 Å². The van der Waals surface area contributed by atoms with Gasteiger partial charge in [0.25, 0.3) is 0 Å². The van der Waals surface area contributed by atoms with Gasteiger partial charge in [-0.25, -0.2) is 0 Å². The number of nitrogen functional groups attached to an aromatic ring is 1. The number of hydrogen-bond acceptors (Lipinski definition) is 3. The lowest BCUT2D eigenvalue weighted by Crippen LogP contribution is -2.07. The molecule has 3 N–H and O–H groups in total. The van der Waals surface area contributed by atoms with Crippen LogP contribution >= 0.6 is 12.4 Å². The van der Waals surface area contributed by atoms with Crippen LogP contribution in [0.15, 0.2) is 36.4 Å². The Morgan fingerprint density at radius 3 is 2.71 bits per heavy atom. The summed E-state index contributed by atoms with van der Waals surface area (Å²) >= 11 is 0. The first-order valence-electron chi connectivity index (χ1n) is 6.63. The average molecular weight is 305 g/mol. The van der Waals surface area contributed by atoms with Crippen LogP contribution in [0.25, 0.3) is 21.8 Å². The SMILES string of the molecule is CCOC(=O)Cc1ccc2c(c1)[nH]c1ccc(N)cc12.Cl. The van der Waals surface area contributed by atoms with E-state index in [-0.39, 0.29) is 18.4 Å². The van der Waals surface area contributed by atoms with E-state index in [1.807, 2.05) is 43.3 Å². The van der Waals surface area contributed by atoms with E-state index in [0.717, 1.165) is 33.1 Å². The molecule has 3 aromatic rings. The number of nitrogens with two attached hydrogens (primary N) is 1. The first-order valence-corrected chi connectivity index (χ1v) is 6.63. The predicted molar refractivity (Wildman–Crippen MR) is 87.8 cm³/mol. The van der Waals surface area contributed by atoms with Crippen molar-refractivity contribution in [3.63, 3.8) is 0 Å². The van der Waals surface area contributed by atoms with Gasteiger partial charge in [0.05, 0.1) is 13.0 Å². The second kappa shape index (κ2) is 6.06. The number of halogens is 1. The number of aromatic nitrogens is 1. The molecule has 4 nitrogen and oxygen atoms in total. The van der Waals surface area contributed by atoms with E-state index < -0.39 is 0 Å². The number of esters is 1. The molecule has 2 aromatic carbocycles. The number of carbonyl (C=O) groups excluding carboxylic acids is 1. The summed E-state index contributed by atoms with van der Waals surface area (Å²) < 4.78 is 4.97. The number of carbonyl (C=O) groups is 1. The predicted octanol–water partition coefficient (Wildman–Crippen LogP) is 3.43. The molecule has 0 bridgehead atoms. The minimum atomic E-state index is -0.202. The highest BCUT2D eigenvalue weighted by molar-refractivity contribution is 6.08. The van der Waals surface area contributed by atoms with E-state index in [9.17, 15) is 4.79 Å². The monoisotopic (exact) mass is 304 g/mol. The quantitative estimate of drug-likeness (QED) is 0.575. The number of anilines is 1. The minimum Gasteiger partial charge on any atom is -0.466 e. The Kier molecular flexibility index (Phi) is 4.38. The van der Waals surface area contributed by atoms with Gasteiger partial charge in [-0.15, -0.1) is 12.4 Å². The Morgan fingerprint density at radius 1 is 1.14 bits per heavy atom. The van der Waals surface area contributed by atoms with Crippen molar-refractivity contribution in [2.45, 2.75) is 13.3 Å². The second-order valence-electron chi connectivity index (χ2n) is 4.79.